The largest absolute Gasteiger partial charge is 0.370 e. The van der Waals surface area contributed by atoms with Gasteiger partial charge in [-0.25, -0.2) is 4.79 Å². The molecule has 0 amide bonds. The predicted octanol–water partition coefficient (Wildman–Crippen LogP) is 0.680. The maximum Gasteiger partial charge on any atom is 0.352 e. The van der Waals surface area contributed by atoms with Gasteiger partial charge in [0.1, 0.15) is 0 Å². The van der Waals surface area contributed by atoms with Crippen LogP contribution in [0.25, 0.3) is 0 Å². The van der Waals surface area contributed by atoms with Crippen LogP contribution in [0, 0.1) is 0 Å². The van der Waals surface area contributed by atoms with Crippen LogP contribution >= 0.6 is 0 Å². The van der Waals surface area contributed by atoms with Gasteiger partial charge in [0.2, 0.25) is 0 Å². The summed E-state index contributed by atoms with van der Waals surface area (Å²) in [6.07, 6.45) is 7.16. The summed E-state index contributed by atoms with van der Waals surface area (Å²) >= 11 is 0. The van der Waals surface area contributed by atoms with Crippen LogP contribution in [0.1, 0.15) is 12.8 Å². The highest BCUT2D eigenvalue weighted by molar-refractivity contribution is 5.88. The maximum absolute atomic E-state index is 10.7. The van der Waals surface area contributed by atoms with Crippen molar-refractivity contribution >= 4 is 5.97 Å². The number of carbonyl (C=O) groups excluding carboxylic acids is 1. The van der Waals surface area contributed by atoms with Crippen molar-refractivity contribution in [2.45, 2.75) is 12.8 Å². The molecule has 3 heteroatoms. The molecule has 0 radical (unpaired) electrons. The minimum atomic E-state index is -0.427. The fraction of sp³-hybridized carbons (Fsp3) is 0.286. The Hall–Kier alpha value is -1.09. The van der Waals surface area contributed by atoms with Crippen molar-refractivity contribution in [2.75, 3.05) is 0 Å². The lowest BCUT2D eigenvalue weighted by atomic mass is 10.1. The first-order chi connectivity index (χ1) is 4.84. The van der Waals surface area contributed by atoms with Gasteiger partial charge in [0, 0.05) is 5.57 Å². The predicted molar refractivity (Wildman–Crippen MR) is 36.7 cm³/mol. The molecule has 2 N–H and O–H groups in total. The van der Waals surface area contributed by atoms with Crippen molar-refractivity contribution in [3.05, 3.63) is 23.8 Å². The summed E-state index contributed by atoms with van der Waals surface area (Å²) in [6, 6.07) is 0. The molecule has 0 heterocycles. The molecule has 1 rings (SSSR count). The van der Waals surface area contributed by atoms with Gasteiger partial charge < -0.3 is 4.84 Å². The van der Waals surface area contributed by atoms with Gasteiger partial charge in [0.25, 0.3) is 0 Å². The molecular weight excluding hydrogens is 130 g/mol. The van der Waals surface area contributed by atoms with E-state index in [1.54, 1.807) is 6.08 Å². The molecule has 10 heavy (non-hydrogen) atoms. The van der Waals surface area contributed by atoms with Gasteiger partial charge >= 0.3 is 5.97 Å². The van der Waals surface area contributed by atoms with Gasteiger partial charge in [-0.15, -0.1) is 0 Å². The first-order valence-corrected chi connectivity index (χ1v) is 3.11. The van der Waals surface area contributed by atoms with E-state index in [1.165, 1.54) is 0 Å². The number of rotatable bonds is 1. The molecule has 0 unspecified atom stereocenters. The number of carbonyl (C=O) groups is 1. The summed E-state index contributed by atoms with van der Waals surface area (Å²) in [7, 11) is 0. The van der Waals surface area contributed by atoms with Crippen LogP contribution < -0.4 is 5.90 Å². The van der Waals surface area contributed by atoms with Gasteiger partial charge in [-0.2, -0.15) is 5.90 Å². The van der Waals surface area contributed by atoms with Gasteiger partial charge in [0.15, 0.2) is 0 Å². The van der Waals surface area contributed by atoms with Crippen LogP contribution in [0.15, 0.2) is 23.8 Å². The van der Waals surface area contributed by atoms with Crippen molar-refractivity contribution < 1.29 is 9.63 Å². The molecule has 3 nitrogen and oxygen atoms in total. The maximum atomic E-state index is 10.7. The highest BCUT2D eigenvalue weighted by Gasteiger charge is 2.09. The standard InChI is InChI=1S/C7H9NO2/c8-10-7(9)6-4-2-1-3-5-6/h1-2,4H,3,5,8H2. The molecule has 1 aliphatic carbocycles. The molecule has 0 aliphatic heterocycles. The van der Waals surface area contributed by atoms with Crippen molar-refractivity contribution in [1.82, 2.24) is 0 Å². The van der Waals surface area contributed by atoms with Gasteiger partial charge in [0.05, 0.1) is 0 Å². The molecule has 0 atom stereocenters. The molecule has 54 valence electrons. The Balaban J connectivity index is 2.62. The molecule has 0 aromatic rings. The molecule has 0 spiro atoms. The van der Waals surface area contributed by atoms with Crippen LogP contribution in [0.4, 0.5) is 0 Å². The molecule has 0 fully saturated rings. The second-order valence-corrected chi connectivity index (χ2v) is 2.06. The smallest absolute Gasteiger partial charge is 0.352 e. The van der Waals surface area contributed by atoms with E-state index < -0.39 is 5.97 Å². The SMILES string of the molecule is NOC(=O)C1=CC=CCC1. The second kappa shape index (κ2) is 3.17. The molecule has 0 aromatic carbocycles. The third-order valence-electron chi connectivity index (χ3n) is 1.38. The quantitative estimate of drug-likeness (QED) is 0.543. The summed E-state index contributed by atoms with van der Waals surface area (Å²) in [5, 5.41) is 0. The highest BCUT2D eigenvalue weighted by atomic mass is 16.7. The Labute approximate surface area is 59.1 Å². The lowest BCUT2D eigenvalue weighted by Gasteiger charge is -2.04. The Morgan fingerprint density at radius 1 is 1.70 bits per heavy atom. The lowest BCUT2D eigenvalue weighted by molar-refractivity contribution is -0.139. The lowest BCUT2D eigenvalue weighted by Crippen LogP contribution is -2.12. The zero-order valence-electron chi connectivity index (χ0n) is 5.54. The van der Waals surface area contributed by atoms with Crippen molar-refractivity contribution in [3.8, 4) is 0 Å². The normalized spacial score (nSPS) is 16.3. The van der Waals surface area contributed by atoms with E-state index in [2.05, 4.69) is 10.7 Å². The topological polar surface area (TPSA) is 52.3 Å². The first-order valence-electron chi connectivity index (χ1n) is 3.11. The van der Waals surface area contributed by atoms with E-state index in [0.717, 1.165) is 12.8 Å². The van der Waals surface area contributed by atoms with Crippen LogP contribution in [0.3, 0.4) is 0 Å². The third kappa shape index (κ3) is 1.45. The van der Waals surface area contributed by atoms with Crippen LogP contribution in [-0.4, -0.2) is 5.97 Å². The zero-order valence-corrected chi connectivity index (χ0v) is 5.54. The minimum absolute atomic E-state index is 0.427. The van der Waals surface area contributed by atoms with Gasteiger partial charge in [-0.1, -0.05) is 18.2 Å². The number of hydrogen-bond donors (Lipinski definition) is 1. The first kappa shape index (κ1) is 7.02. The number of nitrogens with two attached hydrogens (primary N) is 1. The summed E-state index contributed by atoms with van der Waals surface area (Å²) in [6.45, 7) is 0. The molecule has 1 aliphatic rings. The monoisotopic (exact) mass is 139 g/mol. The van der Waals surface area contributed by atoms with E-state index in [1.807, 2.05) is 12.2 Å². The molecule has 0 bridgehead atoms. The van der Waals surface area contributed by atoms with Gasteiger partial charge in [-0.3, -0.25) is 0 Å². The fourth-order valence-electron chi connectivity index (χ4n) is 0.848. The Bertz CT molecular complexity index is 194. The minimum Gasteiger partial charge on any atom is -0.370 e. The molecular formula is C7H9NO2. The van der Waals surface area contributed by atoms with Gasteiger partial charge in [-0.05, 0) is 12.8 Å². The van der Waals surface area contributed by atoms with Crippen molar-refractivity contribution in [1.29, 1.82) is 0 Å². The van der Waals surface area contributed by atoms with Crippen LogP contribution in [-0.2, 0) is 9.63 Å². The average molecular weight is 139 g/mol. The average Bonchev–Trinajstić information content (AvgIpc) is 2.05. The third-order valence-corrected chi connectivity index (χ3v) is 1.38. The van der Waals surface area contributed by atoms with E-state index in [4.69, 9.17) is 0 Å². The Morgan fingerprint density at radius 3 is 3.00 bits per heavy atom. The van der Waals surface area contributed by atoms with E-state index >= 15 is 0 Å². The molecule has 0 saturated heterocycles. The second-order valence-electron chi connectivity index (χ2n) is 2.06. The Morgan fingerprint density at radius 2 is 2.50 bits per heavy atom. The number of hydrogen-bond acceptors (Lipinski definition) is 3. The zero-order chi connectivity index (χ0) is 7.40. The summed E-state index contributed by atoms with van der Waals surface area (Å²) < 4.78 is 0. The van der Waals surface area contributed by atoms with Crippen molar-refractivity contribution in [3.63, 3.8) is 0 Å². The molecule has 0 aromatic heterocycles. The van der Waals surface area contributed by atoms with Crippen molar-refractivity contribution in [2.24, 2.45) is 5.90 Å². The van der Waals surface area contributed by atoms with E-state index in [0.29, 0.717) is 5.57 Å². The van der Waals surface area contributed by atoms with Crippen LogP contribution in [0.5, 0.6) is 0 Å². The molecule has 0 saturated carbocycles. The Kier molecular flexibility index (Phi) is 2.23. The highest BCUT2D eigenvalue weighted by Crippen LogP contribution is 2.11. The summed E-state index contributed by atoms with van der Waals surface area (Å²) in [4.78, 5) is 14.8. The number of allylic oxidation sites excluding steroid dienone is 3. The van der Waals surface area contributed by atoms with E-state index in [-0.39, 0.29) is 0 Å². The van der Waals surface area contributed by atoms with E-state index in [9.17, 15) is 4.79 Å². The van der Waals surface area contributed by atoms with Crippen LogP contribution in [0.2, 0.25) is 0 Å². The fourth-order valence-corrected chi connectivity index (χ4v) is 0.848. The summed E-state index contributed by atoms with van der Waals surface area (Å²) in [5.41, 5.74) is 0.644. The summed E-state index contributed by atoms with van der Waals surface area (Å²) in [5.74, 6) is 4.26.